The zero-order valence-electron chi connectivity index (χ0n) is 12.6. The molecule has 120 valence electrons. The lowest BCUT2D eigenvalue weighted by atomic mass is 10.1. The van der Waals surface area contributed by atoms with Crippen LogP contribution in [0.3, 0.4) is 0 Å². The van der Waals surface area contributed by atoms with Gasteiger partial charge in [0.1, 0.15) is 0 Å². The number of hydrogen-bond donors (Lipinski definition) is 0. The number of methoxy groups -OCH3 is 1. The highest BCUT2D eigenvalue weighted by atomic mass is 35.5. The summed E-state index contributed by atoms with van der Waals surface area (Å²) in [5.41, 5.74) is 0.238. The monoisotopic (exact) mass is 327 g/mol. The first kappa shape index (κ1) is 18.0. The van der Waals surface area contributed by atoms with Crippen LogP contribution in [0.25, 0.3) is 0 Å². The molecule has 7 heteroatoms. The van der Waals surface area contributed by atoms with E-state index in [1.807, 2.05) is 0 Å². The molecule has 1 aromatic carbocycles. The van der Waals surface area contributed by atoms with Crippen LogP contribution in [0.5, 0.6) is 0 Å². The molecule has 0 saturated carbocycles. The maximum atomic E-state index is 12.6. The van der Waals surface area contributed by atoms with Crippen LogP contribution in [-0.4, -0.2) is 48.0 Å². The quantitative estimate of drug-likeness (QED) is 0.613. The number of amides is 2. The number of carbonyl (C=O) groups is 3. The van der Waals surface area contributed by atoms with E-state index >= 15 is 0 Å². The highest BCUT2D eigenvalue weighted by Crippen LogP contribution is 2.17. The highest BCUT2D eigenvalue weighted by molar-refractivity contribution is 6.23. The van der Waals surface area contributed by atoms with Gasteiger partial charge in [0.2, 0.25) is 0 Å². The van der Waals surface area contributed by atoms with Crippen molar-refractivity contribution >= 4 is 29.6 Å². The average Bonchev–Trinajstić information content (AvgIpc) is 2.51. The molecule has 2 amide bonds. The number of alkyl halides is 1. The summed E-state index contributed by atoms with van der Waals surface area (Å²) in [7, 11) is 1.16. The lowest BCUT2D eigenvalue weighted by Crippen LogP contribution is -2.53. The van der Waals surface area contributed by atoms with Gasteiger partial charge in [0.05, 0.1) is 19.1 Å². The van der Waals surface area contributed by atoms with Crippen molar-refractivity contribution in [3.8, 4) is 0 Å². The zero-order chi connectivity index (χ0) is 16.7. The van der Waals surface area contributed by atoms with Crippen LogP contribution in [0.15, 0.2) is 30.3 Å². The number of imide groups is 1. The SMILES string of the molecule is CCOC(=O)N(C(=O)c1ccccc1)[C@@H](C(=O)OC)[C@@H](C)Cl. The molecular formula is C15H18ClNO5. The fourth-order valence-electron chi connectivity index (χ4n) is 1.85. The second kappa shape index (κ2) is 8.38. The molecule has 0 aromatic heterocycles. The number of benzene rings is 1. The van der Waals surface area contributed by atoms with Gasteiger partial charge >= 0.3 is 12.1 Å². The molecule has 0 aliphatic rings. The van der Waals surface area contributed by atoms with E-state index in [0.717, 1.165) is 7.11 Å². The van der Waals surface area contributed by atoms with Crippen LogP contribution in [0.4, 0.5) is 4.79 Å². The molecule has 0 N–H and O–H groups in total. The third kappa shape index (κ3) is 4.21. The van der Waals surface area contributed by atoms with Crippen LogP contribution in [-0.2, 0) is 14.3 Å². The summed E-state index contributed by atoms with van der Waals surface area (Å²) in [5, 5.41) is -0.843. The van der Waals surface area contributed by atoms with Crippen LogP contribution in [0.2, 0.25) is 0 Å². The topological polar surface area (TPSA) is 72.9 Å². The van der Waals surface area contributed by atoms with Gasteiger partial charge in [-0.1, -0.05) is 18.2 Å². The molecule has 1 aromatic rings. The summed E-state index contributed by atoms with van der Waals surface area (Å²) in [6, 6.07) is 6.80. The van der Waals surface area contributed by atoms with E-state index in [-0.39, 0.29) is 12.2 Å². The Morgan fingerprint density at radius 3 is 2.27 bits per heavy atom. The molecule has 0 heterocycles. The molecule has 1 rings (SSSR count). The molecule has 6 nitrogen and oxygen atoms in total. The number of nitrogens with zero attached hydrogens (tertiary/aromatic N) is 1. The Kier molecular flexibility index (Phi) is 6.85. The largest absolute Gasteiger partial charge is 0.467 e. The lowest BCUT2D eigenvalue weighted by molar-refractivity contribution is -0.145. The minimum Gasteiger partial charge on any atom is -0.467 e. The first-order valence-electron chi connectivity index (χ1n) is 6.71. The van der Waals surface area contributed by atoms with E-state index in [2.05, 4.69) is 4.74 Å². The summed E-state index contributed by atoms with van der Waals surface area (Å²) in [6.07, 6.45) is -0.945. The lowest BCUT2D eigenvalue weighted by Gasteiger charge is -2.28. The molecule has 0 saturated heterocycles. The van der Waals surface area contributed by atoms with Gasteiger partial charge in [-0.15, -0.1) is 11.6 Å². The third-order valence-corrected chi connectivity index (χ3v) is 3.10. The third-order valence-electron chi connectivity index (χ3n) is 2.86. The van der Waals surface area contributed by atoms with Crippen LogP contribution in [0.1, 0.15) is 24.2 Å². The van der Waals surface area contributed by atoms with Gasteiger partial charge in [0, 0.05) is 5.56 Å². The van der Waals surface area contributed by atoms with Gasteiger partial charge in [0.25, 0.3) is 5.91 Å². The minimum atomic E-state index is -1.28. The first-order valence-corrected chi connectivity index (χ1v) is 7.14. The maximum Gasteiger partial charge on any atom is 0.417 e. The summed E-state index contributed by atoms with van der Waals surface area (Å²) < 4.78 is 9.52. The van der Waals surface area contributed by atoms with Gasteiger partial charge in [-0.2, -0.15) is 0 Å². The summed E-state index contributed by atoms with van der Waals surface area (Å²) in [6.45, 7) is 3.15. The van der Waals surface area contributed by atoms with Gasteiger partial charge in [-0.3, -0.25) is 4.79 Å². The van der Waals surface area contributed by atoms with Crippen molar-refractivity contribution in [1.29, 1.82) is 0 Å². The van der Waals surface area contributed by atoms with E-state index in [9.17, 15) is 14.4 Å². The predicted molar refractivity (Wildman–Crippen MR) is 80.8 cm³/mol. The first-order chi connectivity index (χ1) is 10.4. The van der Waals surface area contributed by atoms with Crippen molar-refractivity contribution in [2.24, 2.45) is 0 Å². The standard InChI is InChI=1S/C15H18ClNO5/c1-4-22-15(20)17(12(10(2)16)14(19)21-3)13(18)11-8-6-5-7-9-11/h5-10,12H,4H2,1-3H3/t10-,12-/m1/s1. The smallest absolute Gasteiger partial charge is 0.417 e. The second-order valence-corrected chi connectivity index (χ2v) is 5.07. The fourth-order valence-corrected chi connectivity index (χ4v) is 2.07. The van der Waals surface area contributed by atoms with Gasteiger partial charge in [0.15, 0.2) is 6.04 Å². The number of ether oxygens (including phenoxy) is 2. The molecule has 0 radical (unpaired) electrons. The van der Waals surface area contributed by atoms with E-state index in [0.29, 0.717) is 4.90 Å². The van der Waals surface area contributed by atoms with Crippen molar-refractivity contribution < 1.29 is 23.9 Å². The number of carbonyl (C=O) groups excluding carboxylic acids is 3. The van der Waals surface area contributed by atoms with Gasteiger partial charge < -0.3 is 9.47 Å². The fraction of sp³-hybridized carbons (Fsp3) is 0.400. The van der Waals surface area contributed by atoms with Gasteiger partial charge in [-0.05, 0) is 26.0 Å². The Morgan fingerprint density at radius 1 is 1.23 bits per heavy atom. The summed E-state index contributed by atoms with van der Waals surface area (Å²) in [4.78, 5) is 37.4. The van der Waals surface area contributed by atoms with Gasteiger partial charge in [-0.25, -0.2) is 14.5 Å². The summed E-state index contributed by atoms with van der Waals surface area (Å²) >= 11 is 5.99. The molecule has 0 spiro atoms. The minimum absolute atomic E-state index is 0.0575. The summed E-state index contributed by atoms with van der Waals surface area (Å²) in [5.74, 6) is -1.47. The molecule has 0 unspecified atom stereocenters. The average molecular weight is 328 g/mol. The van der Waals surface area contributed by atoms with Crippen LogP contribution in [0, 0.1) is 0 Å². The molecule has 0 bridgehead atoms. The Balaban J connectivity index is 3.25. The Hall–Kier alpha value is -2.08. The van der Waals surface area contributed by atoms with Crippen molar-refractivity contribution in [1.82, 2.24) is 4.90 Å². The van der Waals surface area contributed by atoms with E-state index in [1.54, 1.807) is 25.1 Å². The number of hydrogen-bond acceptors (Lipinski definition) is 5. The van der Waals surface area contributed by atoms with Crippen molar-refractivity contribution in [3.63, 3.8) is 0 Å². The second-order valence-electron chi connectivity index (χ2n) is 4.39. The van der Waals surface area contributed by atoms with Crippen LogP contribution >= 0.6 is 11.6 Å². The molecule has 0 aliphatic heterocycles. The van der Waals surface area contributed by atoms with Crippen molar-refractivity contribution in [2.45, 2.75) is 25.3 Å². The Labute approximate surface area is 133 Å². The normalized spacial score (nSPS) is 12.9. The van der Waals surface area contributed by atoms with Crippen LogP contribution < -0.4 is 0 Å². The Bertz CT molecular complexity index is 532. The van der Waals surface area contributed by atoms with Crippen molar-refractivity contribution in [2.75, 3.05) is 13.7 Å². The molecule has 2 atom stereocenters. The zero-order valence-corrected chi connectivity index (χ0v) is 13.4. The molecular weight excluding hydrogens is 310 g/mol. The number of halogens is 1. The molecule has 0 fully saturated rings. The van der Waals surface area contributed by atoms with E-state index < -0.39 is 29.4 Å². The van der Waals surface area contributed by atoms with Crippen molar-refractivity contribution in [3.05, 3.63) is 35.9 Å². The number of rotatable bonds is 5. The maximum absolute atomic E-state index is 12.6. The highest BCUT2D eigenvalue weighted by Gasteiger charge is 2.40. The number of esters is 1. The predicted octanol–water partition coefficient (Wildman–Crippen LogP) is 2.45. The van der Waals surface area contributed by atoms with E-state index in [1.165, 1.54) is 19.1 Å². The molecule has 0 aliphatic carbocycles. The molecule has 22 heavy (non-hydrogen) atoms. The van der Waals surface area contributed by atoms with E-state index in [4.69, 9.17) is 16.3 Å². The Morgan fingerprint density at radius 2 is 1.82 bits per heavy atom.